The van der Waals surface area contributed by atoms with Gasteiger partial charge in [0.1, 0.15) is 11.8 Å². The van der Waals surface area contributed by atoms with Gasteiger partial charge in [-0.3, -0.25) is 0 Å². The fourth-order valence-electron chi connectivity index (χ4n) is 1.25. The van der Waals surface area contributed by atoms with Gasteiger partial charge in [-0.2, -0.15) is 5.26 Å². The molecule has 0 spiro atoms. The molecule has 1 aromatic rings. The van der Waals surface area contributed by atoms with E-state index in [-0.39, 0.29) is 0 Å². The van der Waals surface area contributed by atoms with Crippen molar-refractivity contribution < 1.29 is 4.74 Å². The number of ether oxygens (including phenoxy) is 1. The number of nitrogens with zero attached hydrogens (tertiary/aromatic N) is 1. The highest BCUT2D eigenvalue weighted by Gasteiger charge is 2.02. The van der Waals surface area contributed by atoms with Crippen LogP contribution in [-0.2, 0) is 0 Å². The highest BCUT2D eigenvalue weighted by Crippen LogP contribution is 2.21. The van der Waals surface area contributed by atoms with Gasteiger partial charge in [-0.15, -0.1) is 0 Å². The molecule has 0 aliphatic rings. The van der Waals surface area contributed by atoms with Gasteiger partial charge in [0, 0.05) is 12.2 Å². The van der Waals surface area contributed by atoms with E-state index in [0.717, 1.165) is 23.1 Å². The summed E-state index contributed by atoms with van der Waals surface area (Å²) in [4.78, 5) is 0. The molecule has 0 amide bonds. The first kappa shape index (κ1) is 12.6. The van der Waals surface area contributed by atoms with Crippen LogP contribution in [0.15, 0.2) is 29.3 Å². The highest BCUT2D eigenvalue weighted by atomic mass is 79.9. The van der Waals surface area contributed by atoms with Gasteiger partial charge in [-0.05, 0) is 29.1 Å². The molecule has 0 aromatic heterocycles. The summed E-state index contributed by atoms with van der Waals surface area (Å²) in [6, 6.07) is 7.54. The molecule has 84 valence electrons. The lowest BCUT2D eigenvalue weighted by molar-refractivity contribution is 0.413. The van der Waals surface area contributed by atoms with Crippen molar-refractivity contribution in [2.75, 3.05) is 19.0 Å². The quantitative estimate of drug-likeness (QED) is 0.900. The van der Waals surface area contributed by atoms with Crippen LogP contribution in [0.2, 0.25) is 0 Å². The van der Waals surface area contributed by atoms with Crippen LogP contribution in [0.25, 0.3) is 0 Å². The second-order valence-electron chi connectivity index (χ2n) is 3.22. The van der Waals surface area contributed by atoms with Crippen molar-refractivity contribution in [2.45, 2.75) is 6.42 Å². The second kappa shape index (κ2) is 6.19. The predicted molar refractivity (Wildman–Crippen MR) is 68.9 cm³/mol. The molecule has 0 fully saturated rings. The number of rotatable bonds is 5. The van der Waals surface area contributed by atoms with Crippen molar-refractivity contribution in [3.05, 3.63) is 34.8 Å². The van der Waals surface area contributed by atoms with E-state index in [2.05, 4.69) is 33.9 Å². The molecule has 0 aliphatic carbocycles. The maximum Gasteiger partial charge on any atom is 0.136 e. The monoisotopic (exact) mass is 280 g/mol. The third-order valence-electron chi connectivity index (χ3n) is 2.05. The standard InChI is InChI=1S/C12H13BrN2O/c1-9(13)5-6-15-11-3-4-12(16-2)10(7-11)8-14/h3-4,7,15H,1,5-6H2,2H3. The number of nitriles is 1. The Bertz CT molecular complexity index is 424. The molecule has 0 radical (unpaired) electrons. The summed E-state index contributed by atoms with van der Waals surface area (Å²) >= 11 is 3.29. The summed E-state index contributed by atoms with van der Waals surface area (Å²) in [5.41, 5.74) is 1.44. The normalized spacial score (nSPS) is 9.31. The number of hydrogen-bond acceptors (Lipinski definition) is 3. The Morgan fingerprint density at radius 2 is 2.38 bits per heavy atom. The number of benzene rings is 1. The number of halogens is 1. The molecule has 0 bridgehead atoms. The highest BCUT2D eigenvalue weighted by molar-refractivity contribution is 9.11. The third kappa shape index (κ3) is 3.59. The number of hydrogen-bond donors (Lipinski definition) is 1. The molecule has 1 N–H and O–H groups in total. The van der Waals surface area contributed by atoms with Gasteiger partial charge < -0.3 is 10.1 Å². The fourth-order valence-corrected chi connectivity index (χ4v) is 1.45. The summed E-state index contributed by atoms with van der Waals surface area (Å²) in [5, 5.41) is 12.1. The van der Waals surface area contributed by atoms with E-state index in [9.17, 15) is 0 Å². The van der Waals surface area contributed by atoms with Gasteiger partial charge in [-0.25, -0.2) is 0 Å². The predicted octanol–water partition coefficient (Wildman–Crippen LogP) is 3.28. The topological polar surface area (TPSA) is 45.0 Å². The van der Waals surface area contributed by atoms with E-state index in [0.29, 0.717) is 11.3 Å². The lowest BCUT2D eigenvalue weighted by Gasteiger charge is -2.08. The molecule has 0 saturated carbocycles. The smallest absolute Gasteiger partial charge is 0.136 e. The SMILES string of the molecule is C=C(Br)CCNc1ccc(OC)c(C#N)c1. The summed E-state index contributed by atoms with van der Waals surface area (Å²) < 4.78 is 6.01. The largest absolute Gasteiger partial charge is 0.495 e. The molecule has 4 heteroatoms. The first-order valence-corrected chi connectivity index (χ1v) is 5.62. The molecule has 3 nitrogen and oxygen atoms in total. The minimum atomic E-state index is 0.533. The van der Waals surface area contributed by atoms with Gasteiger partial charge in [-0.1, -0.05) is 22.5 Å². The van der Waals surface area contributed by atoms with Crippen LogP contribution in [0.5, 0.6) is 5.75 Å². The van der Waals surface area contributed by atoms with E-state index in [1.807, 2.05) is 6.07 Å². The van der Waals surface area contributed by atoms with Crippen molar-refractivity contribution in [1.82, 2.24) is 0 Å². The third-order valence-corrected chi connectivity index (χ3v) is 2.44. The zero-order valence-electron chi connectivity index (χ0n) is 9.09. The van der Waals surface area contributed by atoms with Crippen molar-refractivity contribution in [2.24, 2.45) is 0 Å². The number of methoxy groups -OCH3 is 1. The minimum absolute atomic E-state index is 0.533. The van der Waals surface area contributed by atoms with Crippen molar-refractivity contribution >= 4 is 21.6 Å². The molecule has 0 atom stereocenters. The zero-order valence-corrected chi connectivity index (χ0v) is 10.7. The molecule has 1 rings (SSSR count). The van der Waals surface area contributed by atoms with Gasteiger partial charge >= 0.3 is 0 Å². The van der Waals surface area contributed by atoms with Crippen LogP contribution in [0.4, 0.5) is 5.69 Å². The molecule has 16 heavy (non-hydrogen) atoms. The molecule has 0 unspecified atom stereocenters. The van der Waals surface area contributed by atoms with Crippen LogP contribution >= 0.6 is 15.9 Å². The molecule has 0 saturated heterocycles. The van der Waals surface area contributed by atoms with Crippen LogP contribution in [0.1, 0.15) is 12.0 Å². The maximum atomic E-state index is 8.91. The van der Waals surface area contributed by atoms with Crippen molar-refractivity contribution in [1.29, 1.82) is 5.26 Å². The van der Waals surface area contributed by atoms with Gasteiger partial charge in [0.2, 0.25) is 0 Å². The van der Waals surface area contributed by atoms with Crippen LogP contribution in [0, 0.1) is 11.3 Å². The van der Waals surface area contributed by atoms with E-state index in [1.54, 1.807) is 19.2 Å². The Labute approximate surface area is 104 Å². The summed E-state index contributed by atoms with van der Waals surface area (Å²) in [6.45, 7) is 4.53. The fraction of sp³-hybridized carbons (Fsp3) is 0.250. The van der Waals surface area contributed by atoms with E-state index >= 15 is 0 Å². The maximum absolute atomic E-state index is 8.91. The first-order valence-electron chi connectivity index (χ1n) is 4.82. The van der Waals surface area contributed by atoms with E-state index in [1.165, 1.54) is 0 Å². The van der Waals surface area contributed by atoms with Gasteiger partial charge in [0.25, 0.3) is 0 Å². The van der Waals surface area contributed by atoms with E-state index in [4.69, 9.17) is 10.00 Å². The lowest BCUT2D eigenvalue weighted by Crippen LogP contribution is -2.01. The Morgan fingerprint density at radius 3 is 2.94 bits per heavy atom. The molecular formula is C12H13BrN2O. The van der Waals surface area contributed by atoms with Crippen molar-refractivity contribution in [3.8, 4) is 11.8 Å². The molecule has 0 heterocycles. The Hall–Kier alpha value is -1.47. The zero-order chi connectivity index (χ0) is 12.0. The van der Waals surface area contributed by atoms with Gasteiger partial charge in [0.15, 0.2) is 0 Å². The van der Waals surface area contributed by atoms with Crippen LogP contribution in [-0.4, -0.2) is 13.7 Å². The average molecular weight is 281 g/mol. The minimum Gasteiger partial charge on any atom is -0.495 e. The Balaban J connectivity index is 2.69. The van der Waals surface area contributed by atoms with Gasteiger partial charge in [0.05, 0.1) is 12.7 Å². The van der Waals surface area contributed by atoms with Crippen molar-refractivity contribution in [3.63, 3.8) is 0 Å². The summed E-state index contributed by atoms with van der Waals surface area (Å²) in [5.74, 6) is 0.595. The number of anilines is 1. The molecule has 1 aromatic carbocycles. The second-order valence-corrected chi connectivity index (χ2v) is 4.34. The molecule has 0 aliphatic heterocycles. The Morgan fingerprint density at radius 1 is 1.62 bits per heavy atom. The van der Waals surface area contributed by atoms with E-state index < -0.39 is 0 Å². The average Bonchev–Trinajstić information content (AvgIpc) is 2.28. The molecular weight excluding hydrogens is 268 g/mol. The lowest BCUT2D eigenvalue weighted by atomic mass is 10.2. The first-order chi connectivity index (χ1) is 7.67. The summed E-state index contributed by atoms with van der Waals surface area (Å²) in [7, 11) is 1.55. The summed E-state index contributed by atoms with van der Waals surface area (Å²) in [6.07, 6.45) is 0.841. The Kier molecular flexibility index (Phi) is 4.87. The van der Waals surface area contributed by atoms with Crippen LogP contribution in [0.3, 0.4) is 0 Å². The van der Waals surface area contributed by atoms with Crippen LogP contribution < -0.4 is 10.1 Å². The number of nitrogens with one attached hydrogen (secondary N) is 1.